The smallest absolute Gasteiger partial charge is 0.0408 e. The Morgan fingerprint density at radius 1 is 1.32 bits per heavy atom. The highest BCUT2D eigenvalue weighted by molar-refractivity contribution is 5.62. The van der Waals surface area contributed by atoms with Crippen LogP contribution in [-0.2, 0) is 6.54 Å². The van der Waals surface area contributed by atoms with Gasteiger partial charge >= 0.3 is 0 Å². The van der Waals surface area contributed by atoms with Gasteiger partial charge in [0, 0.05) is 30.4 Å². The van der Waals surface area contributed by atoms with Crippen molar-refractivity contribution in [2.75, 3.05) is 11.4 Å². The summed E-state index contributed by atoms with van der Waals surface area (Å²) in [6, 6.07) is 5.42. The maximum Gasteiger partial charge on any atom is 0.0408 e. The molecule has 0 spiro atoms. The third-order valence-electron chi connectivity index (χ3n) is 4.99. The molecule has 0 aromatic heterocycles. The van der Waals surface area contributed by atoms with Crippen LogP contribution < -0.4 is 10.2 Å². The van der Waals surface area contributed by atoms with Gasteiger partial charge in [0.1, 0.15) is 0 Å². The van der Waals surface area contributed by atoms with Crippen LogP contribution in [0, 0.1) is 6.92 Å². The molecule has 0 amide bonds. The van der Waals surface area contributed by atoms with E-state index in [2.05, 4.69) is 70.8 Å². The molecule has 0 fully saturated rings. The van der Waals surface area contributed by atoms with Gasteiger partial charge < -0.3 is 10.2 Å². The van der Waals surface area contributed by atoms with Crippen molar-refractivity contribution in [1.29, 1.82) is 0 Å². The van der Waals surface area contributed by atoms with Crippen LogP contribution in [0.15, 0.2) is 12.1 Å². The van der Waals surface area contributed by atoms with Crippen LogP contribution >= 0.6 is 0 Å². The molecule has 2 rings (SSSR count). The molecule has 1 aromatic carbocycles. The first-order valence-corrected chi connectivity index (χ1v) is 8.90. The molecule has 124 valence electrons. The molecule has 22 heavy (non-hydrogen) atoms. The molecule has 1 aliphatic heterocycles. The molecule has 1 aromatic rings. The van der Waals surface area contributed by atoms with Gasteiger partial charge in [-0.25, -0.2) is 0 Å². The molecule has 1 N–H and O–H groups in total. The minimum Gasteiger partial charge on any atom is -0.366 e. The van der Waals surface area contributed by atoms with E-state index in [0.29, 0.717) is 12.0 Å². The second-order valence-corrected chi connectivity index (χ2v) is 7.94. The van der Waals surface area contributed by atoms with Gasteiger partial charge in [-0.1, -0.05) is 33.8 Å². The highest BCUT2D eigenvalue weighted by atomic mass is 15.2. The van der Waals surface area contributed by atoms with Crippen molar-refractivity contribution in [3.8, 4) is 0 Å². The lowest BCUT2D eigenvalue weighted by Gasteiger charge is -2.48. The normalized spacial score (nSPS) is 20.4. The van der Waals surface area contributed by atoms with Crippen LogP contribution in [0.2, 0.25) is 0 Å². The molecule has 1 atom stereocenters. The van der Waals surface area contributed by atoms with E-state index in [1.807, 2.05) is 0 Å². The Hall–Kier alpha value is -1.02. The minimum atomic E-state index is 0.257. The van der Waals surface area contributed by atoms with E-state index < -0.39 is 0 Å². The molecule has 0 saturated carbocycles. The number of aryl methyl sites for hydroxylation is 1. The summed E-state index contributed by atoms with van der Waals surface area (Å²) in [5.41, 5.74) is 6.13. The minimum absolute atomic E-state index is 0.257. The zero-order valence-electron chi connectivity index (χ0n) is 15.6. The van der Waals surface area contributed by atoms with Crippen molar-refractivity contribution in [2.45, 2.75) is 85.4 Å². The monoisotopic (exact) mass is 302 g/mol. The number of nitrogens with zero attached hydrogens (tertiary/aromatic N) is 1. The molecular weight excluding hydrogens is 268 g/mol. The number of rotatable bonds is 5. The highest BCUT2D eigenvalue weighted by Crippen LogP contribution is 2.44. The quantitative estimate of drug-likeness (QED) is 0.824. The summed E-state index contributed by atoms with van der Waals surface area (Å²) in [6.07, 6.45) is 2.44. The van der Waals surface area contributed by atoms with E-state index in [1.165, 1.54) is 29.7 Å². The Balaban J connectivity index is 2.41. The summed E-state index contributed by atoms with van der Waals surface area (Å²) in [7, 11) is 0. The van der Waals surface area contributed by atoms with Crippen LogP contribution in [0.25, 0.3) is 0 Å². The summed E-state index contributed by atoms with van der Waals surface area (Å²) in [5.74, 6) is 0.636. The summed E-state index contributed by atoms with van der Waals surface area (Å²) < 4.78 is 0. The first-order chi connectivity index (χ1) is 10.3. The summed E-state index contributed by atoms with van der Waals surface area (Å²) in [4.78, 5) is 2.63. The lowest BCUT2D eigenvalue weighted by Crippen LogP contribution is -2.48. The molecule has 1 aliphatic rings. The van der Waals surface area contributed by atoms with Crippen molar-refractivity contribution >= 4 is 5.69 Å². The molecule has 1 heterocycles. The van der Waals surface area contributed by atoms with Crippen molar-refractivity contribution in [3.63, 3.8) is 0 Å². The maximum atomic E-state index is 3.56. The van der Waals surface area contributed by atoms with E-state index in [1.54, 1.807) is 5.56 Å². The van der Waals surface area contributed by atoms with Gasteiger partial charge in [-0.15, -0.1) is 0 Å². The molecule has 2 nitrogen and oxygen atoms in total. The fraction of sp³-hybridized carbons (Fsp3) is 0.700. The fourth-order valence-corrected chi connectivity index (χ4v) is 3.83. The van der Waals surface area contributed by atoms with Gasteiger partial charge in [0.25, 0.3) is 0 Å². The van der Waals surface area contributed by atoms with Crippen molar-refractivity contribution in [1.82, 2.24) is 5.32 Å². The number of nitrogens with one attached hydrogen (secondary N) is 1. The number of benzene rings is 1. The SMILES string of the molecule is CCCN1c2cc(C)c(CNC(C)C)cc2C(C)CC1(C)C. The third-order valence-corrected chi connectivity index (χ3v) is 4.99. The van der Waals surface area contributed by atoms with Gasteiger partial charge in [0.05, 0.1) is 0 Å². The first-order valence-electron chi connectivity index (χ1n) is 8.90. The van der Waals surface area contributed by atoms with Crippen LogP contribution in [0.1, 0.15) is 77.0 Å². The van der Waals surface area contributed by atoms with Gasteiger partial charge in [-0.3, -0.25) is 0 Å². The van der Waals surface area contributed by atoms with E-state index in [4.69, 9.17) is 0 Å². The molecule has 0 aliphatic carbocycles. The van der Waals surface area contributed by atoms with Crippen LogP contribution in [0.4, 0.5) is 5.69 Å². The van der Waals surface area contributed by atoms with Gasteiger partial charge in [0.2, 0.25) is 0 Å². The fourth-order valence-electron chi connectivity index (χ4n) is 3.83. The Morgan fingerprint density at radius 2 is 2.00 bits per heavy atom. The standard InChI is InChI=1S/C20H34N2/c1-8-9-22-19-10-15(4)17(13-21-14(2)3)11-18(19)16(5)12-20(22,6)7/h10-11,14,16,21H,8-9,12-13H2,1-7H3. The topological polar surface area (TPSA) is 15.3 Å². The zero-order valence-corrected chi connectivity index (χ0v) is 15.6. The Morgan fingerprint density at radius 3 is 2.59 bits per heavy atom. The second-order valence-electron chi connectivity index (χ2n) is 7.94. The predicted octanol–water partition coefficient (Wildman–Crippen LogP) is 5.00. The first kappa shape index (κ1) is 17.3. The second kappa shape index (κ2) is 6.62. The van der Waals surface area contributed by atoms with E-state index in [9.17, 15) is 0 Å². The molecule has 0 saturated heterocycles. The lowest BCUT2D eigenvalue weighted by molar-refractivity contribution is 0.376. The van der Waals surface area contributed by atoms with Crippen molar-refractivity contribution < 1.29 is 0 Å². The van der Waals surface area contributed by atoms with E-state index in [-0.39, 0.29) is 5.54 Å². The molecule has 2 heteroatoms. The van der Waals surface area contributed by atoms with E-state index >= 15 is 0 Å². The average Bonchev–Trinajstić information content (AvgIpc) is 2.41. The van der Waals surface area contributed by atoms with Gasteiger partial charge in [-0.05, 0) is 62.3 Å². The maximum absolute atomic E-state index is 3.56. The summed E-state index contributed by atoms with van der Waals surface area (Å²) in [6.45, 7) is 18.3. The van der Waals surface area contributed by atoms with Crippen LogP contribution in [-0.4, -0.2) is 18.1 Å². The molecular formula is C20H34N2. The van der Waals surface area contributed by atoms with E-state index in [0.717, 1.165) is 13.1 Å². The number of hydrogen-bond donors (Lipinski definition) is 1. The number of fused-ring (bicyclic) bond motifs is 1. The summed E-state index contributed by atoms with van der Waals surface area (Å²) in [5, 5.41) is 3.56. The number of hydrogen-bond acceptors (Lipinski definition) is 2. The van der Waals surface area contributed by atoms with Gasteiger partial charge in [-0.2, -0.15) is 0 Å². The van der Waals surface area contributed by atoms with Crippen molar-refractivity contribution in [2.24, 2.45) is 0 Å². The van der Waals surface area contributed by atoms with Crippen LogP contribution in [0.3, 0.4) is 0 Å². The molecule has 0 bridgehead atoms. The Kier molecular flexibility index (Phi) is 5.21. The van der Waals surface area contributed by atoms with Crippen LogP contribution in [0.5, 0.6) is 0 Å². The van der Waals surface area contributed by atoms with Crippen molar-refractivity contribution in [3.05, 3.63) is 28.8 Å². The zero-order chi connectivity index (χ0) is 16.5. The lowest BCUT2D eigenvalue weighted by atomic mass is 9.79. The number of anilines is 1. The largest absolute Gasteiger partial charge is 0.366 e. The molecule has 0 radical (unpaired) electrons. The predicted molar refractivity (Wildman–Crippen MR) is 97.9 cm³/mol. The Labute approximate surface area is 137 Å². The summed E-state index contributed by atoms with van der Waals surface area (Å²) >= 11 is 0. The Bertz CT molecular complexity index is 517. The third kappa shape index (κ3) is 3.48. The average molecular weight is 303 g/mol. The molecule has 1 unspecified atom stereocenters. The van der Waals surface area contributed by atoms with Gasteiger partial charge in [0.15, 0.2) is 0 Å². The highest BCUT2D eigenvalue weighted by Gasteiger charge is 2.36.